The molecule has 2 rings (SSSR count). The van der Waals surface area contributed by atoms with Crippen molar-refractivity contribution in [3.63, 3.8) is 0 Å². The lowest BCUT2D eigenvalue weighted by Gasteiger charge is -2.44. The second kappa shape index (κ2) is 7.21. The van der Waals surface area contributed by atoms with E-state index < -0.39 is 7.60 Å². The van der Waals surface area contributed by atoms with E-state index in [4.69, 9.17) is 9.05 Å². The first-order chi connectivity index (χ1) is 9.12. The first-order valence-electron chi connectivity index (χ1n) is 7.73. The lowest BCUT2D eigenvalue weighted by Crippen LogP contribution is -2.49. The SMILES string of the molecule is CCCOP(C)(=O)OC[C@@H]1CCCN2CCCCC12. The molecule has 112 valence electrons. The van der Waals surface area contributed by atoms with Crippen LogP contribution in [0.1, 0.15) is 45.4 Å². The zero-order valence-electron chi connectivity index (χ0n) is 12.3. The predicted molar refractivity (Wildman–Crippen MR) is 77.7 cm³/mol. The van der Waals surface area contributed by atoms with Gasteiger partial charge in [0, 0.05) is 12.7 Å². The van der Waals surface area contributed by atoms with Gasteiger partial charge in [-0.2, -0.15) is 0 Å². The third kappa shape index (κ3) is 4.56. The van der Waals surface area contributed by atoms with Crippen LogP contribution in [0.4, 0.5) is 0 Å². The molecule has 0 radical (unpaired) electrons. The van der Waals surface area contributed by atoms with Crippen LogP contribution in [-0.2, 0) is 13.6 Å². The molecular weight excluding hydrogens is 261 g/mol. The highest BCUT2D eigenvalue weighted by atomic mass is 31.2. The zero-order valence-corrected chi connectivity index (χ0v) is 13.2. The summed E-state index contributed by atoms with van der Waals surface area (Å²) >= 11 is 0. The minimum Gasteiger partial charge on any atom is -0.309 e. The molecule has 19 heavy (non-hydrogen) atoms. The van der Waals surface area contributed by atoms with Crippen molar-refractivity contribution in [1.29, 1.82) is 0 Å². The minimum atomic E-state index is -2.84. The van der Waals surface area contributed by atoms with Gasteiger partial charge in [0.15, 0.2) is 0 Å². The van der Waals surface area contributed by atoms with E-state index in [2.05, 4.69) is 4.90 Å². The molecule has 4 nitrogen and oxygen atoms in total. The highest BCUT2D eigenvalue weighted by Crippen LogP contribution is 2.45. The van der Waals surface area contributed by atoms with E-state index in [0.717, 1.165) is 6.42 Å². The van der Waals surface area contributed by atoms with Crippen molar-refractivity contribution < 1.29 is 13.6 Å². The van der Waals surface area contributed by atoms with Crippen molar-refractivity contribution in [1.82, 2.24) is 4.90 Å². The quantitative estimate of drug-likeness (QED) is 0.701. The van der Waals surface area contributed by atoms with Crippen molar-refractivity contribution in [3.05, 3.63) is 0 Å². The molecule has 0 spiro atoms. The lowest BCUT2D eigenvalue weighted by atomic mass is 9.84. The topological polar surface area (TPSA) is 38.8 Å². The van der Waals surface area contributed by atoms with Crippen molar-refractivity contribution in [2.45, 2.75) is 51.5 Å². The molecule has 0 amide bonds. The van der Waals surface area contributed by atoms with E-state index in [-0.39, 0.29) is 0 Å². The van der Waals surface area contributed by atoms with E-state index in [0.29, 0.717) is 25.2 Å². The Balaban J connectivity index is 1.82. The molecule has 2 unspecified atom stereocenters. The molecular formula is C14H28NO3P. The summed E-state index contributed by atoms with van der Waals surface area (Å²) in [6, 6.07) is 0.647. The molecule has 2 aliphatic heterocycles. The smallest absolute Gasteiger partial charge is 0.309 e. The summed E-state index contributed by atoms with van der Waals surface area (Å²) in [6.07, 6.45) is 7.26. The third-order valence-electron chi connectivity index (χ3n) is 4.28. The maximum Gasteiger partial charge on any atom is 0.327 e. The van der Waals surface area contributed by atoms with Crippen LogP contribution < -0.4 is 0 Å². The Bertz CT molecular complexity index is 322. The Labute approximate surface area is 117 Å². The Kier molecular flexibility index (Phi) is 5.88. The van der Waals surface area contributed by atoms with Crippen LogP contribution in [0.15, 0.2) is 0 Å². The van der Waals surface area contributed by atoms with Gasteiger partial charge in [0.25, 0.3) is 0 Å². The monoisotopic (exact) mass is 289 g/mol. The number of nitrogens with zero attached hydrogens (tertiary/aromatic N) is 1. The van der Waals surface area contributed by atoms with Crippen LogP contribution in [0, 0.1) is 5.92 Å². The first-order valence-corrected chi connectivity index (χ1v) is 9.72. The minimum absolute atomic E-state index is 0.522. The highest BCUT2D eigenvalue weighted by molar-refractivity contribution is 7.52. The van der Waals surface area contributed by atoms with Crippen molar-refractivity contribution >= 4 is 7.60 Å². The fraction of sp³-hybridized carbons (Fsp3) is 1.00. The summed E-state index contributed by atoms with van der Waals surface area (Å²) in [7, 11) is -2.84. The van der Waals surface area contributed by atoms with Crippen molar-refractivity contribution in [3.8, 4) is 0 Å². The molecule has 0 aliphatic carbocycles. The second-order valence-electron chi connectivity index (χ2n) is 5.90. The molecule has 0 aromatic carbocycles. The van der Waals surface area contributed by atoms with Gasteiger partial charge in [0.1, 0.15) is 0 Å². The van der Waals surface area contributed by atoms with Crippen molar-refractivity contribution in [2.24, 2.45) is 5.92 Å². The summed E-state index contributed by atoms with van der Waals surface area (Å²) < 4.78 is 23.1. The van der Waals surface area contributed by atoms with Crippen LogP contribution in [0.25, 0.3) is 0 Å². The molecule has 5 heteroatoms. The van der Waals surface area contributed by atoms with Gasteiger partial charge < -0.3 is 13.9 Å². The molecule has 0 aromatic rings. The molecule has 0 N–H and O–H groups in total. The standard InChI is InChI=1S/C14H28NO3P/c1-3-11-17-19(2,16)18-12-13-7-6-10-15-9-5-4-8-14(13)15/h13-14H,3-12H2,1-2H3/t13-,14?,19?/m0/s1. The first kappa shape index (κ1) is 15.5. The maximum atomic E-state index is 12.1. The Morgan fingerprint density at radius 3 is 2.74 bits per heavy atom. The van der Waals surface area contributed by atoms with Gasteiger partial charge in [-0.05, 0) is 51.1 Å². The van der Waals surface area contributed by atoms with E-state index in [1.165, 1.54) is 45.2 Å². The lowest BCUT2D eigenvalue weighted by molar-refractivity contribution is 0.0329. The second-order valence-corrected chi connectivity index (χ2v) is 7.96. The number of fused-ring (bicyclic) bond motifs is 1. The largest absolute Gasteiger partial charge is 0.327 e. The van der Waals surface area contributed by atoms with Crippen LogP contribution >= 0.6 is 7.60 Å². The Morgan fingerprint density at radius 2 is 1.95 bits per heavy atom. The molecule has 2 heterocycles. The summed E-state index contributed by atoms with van der Waals surface area (Å²) in [5, 5.41) is 0. The van der Waals surface area contributed by atoms with E-state index >= 15 is 0 Å². The fourth-order valence-electron chi connectivity index (χ4n) is 3.30. The van der Waals surface area contributed by atoms with Gasteiger partial charge in [0.2, 0.25) is 0 Å². The maximum absolute atomic E-state index is 12.1. The van der Waals surface area contributed by atoms with E-state index in [1.54, 1.807) is 6.66 Å². The summed E-state index contributed by atoms with van der Waals surface area (Å²) in [5.74, 6) is 0.535. The molecule has 3 atom stereocenters. The van der Waals surface area contributed by atoms with Gasteiger partial charge in [0.05, 0.1) is 13.2 Å². The Hall–Kier alpha value is 0.110. The summed E-state index contributed by atoms with van der Waals surface area (Å²) in [6.45, 7) is 7.20. The summed E-state index contributed by atoms with van der Waals surface area (Å²) in [4.78, 5) is 2.61. The molecule has 2 fully saturated rings. The molecule has 2 aliphatic rings. The number of hydrogen-bond acceptors (Lipinski definition) is 4. The highest BCUT2D eigenvalue weighted by Gasteiger charge is 2.34. The Morgan fingerprint density at radius 1 is 1.16 bits per heavy atom. The summed E-state index contributed by atoms with van der Waals surface area (Å²) in [5.41, 5.74) is 0. The van der Waals surface area contributed by atoms with Crippen LogP contribution in [0.3, 0.4) is 0 Å². The average molecular weight is 289 g/mol. The zero-order chi connectivity index (χ0) is 13.7. The number of hydrogen-bond donors (Lipinski definition) is 0. The van der Waals surface area contributed by atoms with E-state index in [9.17, 15) is 4.57 Å². The van der Waals surface area contributed by atoms with Crippen LogP contribution in [0.2, 0.25) is 0 Å². The van der Waals surface area contributed by atoms with Gasteiger partial charge in [-0.3, -0.25) is 4.57 Å². The fourth-order valence-corrected chi connectivity index (χ4v) is 4.35. The van der Waals surface area contributed by atoms with Crippen molar-refractivity contribution in [2.75, 3.05) is 33.0 Å². The number of rotatable bonds is 6. The van der Waals surface area contributed by atoms with Gasteiger partial charge in [-0.1, -0.05) is 13.3 Å². The van der Waals surface area contributed by atoms with Crippen LogP contribution in [0.5, 0.6) is 0 Å². The van der Waals surface area contributed by atoms with Gasteiger partial charge >= 0.3 is 7.60 Å². The molecule has 0 aromatic heterocycles. The predicted octanol–water partition coefficient (Wildman–Crippen LogP) is 3.52. The number of piperidine rings is 2. The third-order valence-corrected chi connectivity index (χ3v) is 5.55. The normalized spacial score (nSPS) is 31.7. The van der Waals surface area contributed by atoms with Crippen LogP contribution in [-0.4, -0.2) is 43.9 Å². The molecule has 0 bridgehead atoms. The average Bonchev–Trinajstić information content (AvgIpc) is 2.43. The van der Waals surface area contributed by atoms with E-state index in [1.807, 2.05) is 6.92 Å². The van der Waals surface area contributed by atoms with Gasteiger partial charge in [-0.25, -0.2) is 0 Å². The molecule has 0 saturated carbocycles. The van der Waals surface area contributed by atoms with Gasteiger partial charge in [-0.15, -0.1) is 0 Å². The molecule has 2 saturated heterocycles.